The fraction of sp³-hybridized carbons (Fsp3) is 0.182. The zero-order valence-corrected chi connectivity index (χ0v) is 18.2. The Kier molecular flexibility index (Phi) is 4.52. The van der Waals surface area contributed by atoms with E-state index in [1.165, 1.54) is 27.7 Å². The second-order valence-corrected chi connectivity index (χ2v) is 7.99. The van der Waals surface area contributed by atoms with Gasteiger partial charge in [-0.2, -0.15) is 10.2 Å². The Hall–Kier alpha value is -3.72. The highest BCUT2D eigenvalue weighted by Gasteiger charge is 2.30. The number of anilines is 1. The maximum Gasteiger partial charge on any atom is 0.202 e. The number of fused-ring (bicyclic) bond motifs is 7. The summed E-state index contributed by atoms with van der Waals surface area (Å²) in [6.07, 6.45) is 2.53. The van der Waals surface area contributed by atoms with Crippen molar-refractivity contribution in [1.29, 1.82) is 0 Å². The van der Waals surface area contributed by atoms with Gasteiger partial charge in [-0.05, 0) is 31.2 Å². The predicted octanol–water partition coefficient (Wildman–Crippen LogP) is 3.94. The molecule has 1 aliphatic heterocycles. The Morgan fingerprint density at radius 3 is 2.75 bits per heavy atom. The van der Waals surface area contributed by atoms with E-state index in [0.29, 0.717) is 39.4 Å². The van der Waals surface area contributed by atoms with E-state index in [4.69, 9.17) is 22.1 Å². The number of carbonyl (C=O) groups excluding carboxylic acids is 1. The zero-order chi connectivity index (χ0) is 22.7. The summed E-state index contributed by atoms with van der Waals surface area (Å²) in [4.78, 5) is 18.0. The van der Waals surface area contributed by atoms with E-state index < -0.39 is 11.9 Å². The van der Waals surface area contributed by atoms with Crippen molar-refractivity contribution in [1.82, 2.24) is 24.5 Å². The number of aromatic nitrogens is 5. The van der Waals surface area contributed by atoms with Gasteiger partial charge in [0.25, 0.3) is 0 Å². The lowest BCUT2D eigenvalue weighted by molar-refractivity contribution is 0.104. The van der Waals surface area contributed by atoms with Crippen molar-refractivity contribution in [3.8, 4) is 28.3 Å². The van der Waals surface area contributed by atoms with Gasteiger partial charge in [0.15, 0.2) is 16.7 Å². The van der Waals surface area contributed by atoms with Crippen molar-refractivity contribution in [2.45, 2.75) is 13.0 Å². The minimum absolute atomic E-state index is 0.0475. The van der Waals surface area contributed by atoms with E-state index in [1.54, 1.807) is 39.3 Å². The van der Waals surface area contributed by atoms with Gasteiger partial charge in [0.05, 0.1) is 16.8 Å². The fourth-order valence-corrected chi connectivity index (χ4v) is 4.32. The smallest absolute Gasteiger partial charge is 0.202 e. The van der Waals surface area contributed by atoms with Crippen LogP contribution < -0.4 is 10.5 Å². The number of nitrogens with two attached hydrogens (primary N) is 1. The maximum absolute atomic E-state index is 14.2. The summed E-state index contributed by atoms with van der Waals surface area (Å²) in [5.41, 5.74) is 9.07. The molecule has 10 heteroatoms. The number of nitrogen functional groups attached to an aromatic ring is 1. The van der Waals surface area contributed by atoms with E-state index in [9.17, 15) is 9.18 Å². The topological polar surface area (TPSA) is 101 Å². The molecule has 1 aliphatic rings. The van der Waals surface area contributed by atoms with Crippen LogP contribution in [0.4, 0.5) is 10.2 Å². The first kappa shape index (κ1) is 20.2. The molecule has 4 heterocycles. The van der Waals surface area contributed by atoms with Crippen molar-refractivity contribution >= 4 is 23.2 Å². The minimum atomic E-state index is -0.612. The number of halogens is 2. The molecule has 2 N–H and O–H groups in total. The van der Waals surface area contributed by atoms with Crippen molar-refractivity contribution in [2.24, 2.45) is 14.1 Å². The maximum atomic E-state index is 14.2. The van der Waals surface area contributed by atoms with Crippen LogP contribution in [-0.2, 0) is 14.1 Å². The lowest BCUT2D eigenvalue weighted by Crippen LogP contribution is -2.11. The molecule has 32 heavy (non-hydrogen) atoms. The van der Waals surface area contributed by atoms with Gasteiger partial charge in [-0.25, -0.2) is 9.37 Å². The summed E-state index contributed by atoms with van der Waals surface area (Å²) in [5.74, 6) is -0.338. The molecule has 0 amide bonds. The second kappa shape index (κ2) is 7.16. The molecule has 0 aliphatic carbocycles. The summed E-state index contributed by atoms with van der Waals surface area (Å²) < 4.78 is 23.4. The van der Waals surface area contributed by atoms with Crippen molar-refractivity contribution in [3.05, 3.63) is 64.3 Å². The largest absolute Gasteiger partial charge is 0.482 e. The number of benzene rings is 1. The third kappa shape index (κ3) is 3.04. The molecule has 4 aromatic rings. The number of hydrogen-bond acceptors (Lipinski definition) is 6. The molecular weight excluding hydrogens is 435 g/mol. The number of rotatable bonds is 0. The number of carbonyl (C=O) groups is 1. The third-order valence-electron chi connectivity index (χ3n) is 5.47. The molecule has 0 unspecified atom stereocenters. The van der Waals surface area contributed by atoms with Crippen molar-refractivity contribution in [3.63, 3.8) is 0 Å². The standard InChI is InChI=1S/C22H18ClFN6O2/c1-10-14-7-12(24)4-5-13(14)18-15(9-29(2)27-18)20(31)17-19(30(3)28-21(17)23)11-6-16(32-10)22(25)26-8-11/h4-10H,1-3H3,(H2,25,26)/t10-/m1/s1. The second-order valence-electron chi connectivity index (χ2n) is 7.63. The van der Waals surface area contributed by atoms with Crippen LogP contribution in [0.5, 0.6) is 5.75 Å². The first-order valence-electron chi connectivity index (χ1n) is 9.77. The van der Waals surface area contributed by atoms with Gasteiger partial charge in [-0.3, -0.25) is 14.2 Å². The number of nitrogens with zero attached hydrogens (tertiary/aromatic N) is 5. The van der Waals surface area contributed by atoms with Crippen LogP contribution in [0.25, 0.3) is 22.5 Å². The highest BCUT2D eigenvalue weighted by molar-refractivity contribution is 6.35. The van der Waals surface area contributed by atoms with E-state index >= 15 is 0 Å². The summed E-state index contributed by atoms with van der Waals surface area (Å²) in [7, 11) is 3.40. The molecule has 0 spiro atoms. The van der Waals surface area contributed by atoms with Crippen molar-refractivity contribution < 1.29 is 13.9 Å². The first-order chi connectivity index (χ1) is 15.2. The van der Waals surface area contributed by atoms with E-state index in [2.05, 4.69) is 15.2 Å². The monoisotopic (exact) mass is 452 g/mol. The lowest BCUT2D eigenvalue weighted by atomic mass is 9.94. The number of hydrogen-bond donors (Lipinski definition) is 1. The molecule has 1 atom stereocenters. The molecular formula is C22H18ClFN6O2. The van der Waals surface area contributed by atoms with Gasteiger partial charge >= 0.3 is 0 Å². The molecule has 3 aromatic heterocycles. The lowest BCUT2D eigenvalue weighted by Gasteiger charge is -2.20. The molecule has 1 aromatic carbocycles. The van der Waals surface area contributed by atoms with Crippen LogP contribution in [0.15, 0.2) is 36.7 Å². The van der Waals surface area contributed by atoms with Gasteiger partial charge in [-0.15, -0.1) is 0 Å². The van der Waals surface area contributed by atoms with Gasteiger partial charge in [-0.1, -0.05) is 11.6 Å². The minimum Gasteiger partial charge on any atom is -0.482 e. The molecule has 2 bridgehead atoms. The molecule has 5 rings (SSSR count). The highest BCUT2D eigenvalue weighted by Crippen LogP contribution is 2.39. The highest BCUT2D eigenvalue weighted by atomic mass is 35.5. The van der Waals surface area contributed by atoms with Gasteiger partial charge in [0, 0.05) is 43.2 Å². The van der Waals surface area contributed by atoms with Crippen LogP contribution in [0, 0.1) is 5.82 Å². The van der Waals surface area contributed by atoms with Crippen molar-refractivity contribution in [2.75, 3.05) is 5.73 Å². The number of ketones is 1. The quantitative estimate of drug-likeness (QED) is 0.433. The van der Waals surface area contributed by atoms with Gasteiger partial charge < -0.3 is 10.5 Å². The Morgan fingerprint density at radius 1 is 1.19 bits per heavy atom. The summed E-state index contributed by atoms with van der Waals surface area (Å²) in [6.45, 7) is 1.77. The third-order valence-corrected chi connectivity index (χ3v) is 5.74. The average molecular weight is 453 g/mol. The Labute approximate surface area is 187 Å². The summed E-state index contributed by atoms with van der Waals surface area (Å²) in [5, 5.41) is 8.79. The molecule has 8 nitrogen and oxygen atoms in total. The summed E-state index contributed by atoms with van der Waals surface area (Å²) >= 11 is 6.40. The number of pyridine rings is 1. The fourth-order valence-electron chi connectivity index (χ4n) is 4.03. The number of ether oxygens (including phenoxy) is 1. The molecule has 162 valence electrons. The summed E-state index contributed by atoms with van der Waals surface area (Å²) in [6, 6.07) is 5.94. The van der Waals surface area contributed by atoms with Crippen LogP contribution in [0.2, 0.25) is 5.15 Å². The normalized spacial score (nSPS) is 15.2. The Morgan fingerprint density at radius 2 is 1.97 bits per heavy atom. The Bertz CT molecular complexity index is 1410. The SMILES string of the molecule is C[C@H]1Oc2cc(cnc2N)-c2c(c(Cl)nn2C)C(=O)c2cn(C)nc2-c2ccc(F)cc21. The van der Waals surface area contributed by atoms with E-state index in [-0.39, 0.29) is 22.3 Å². The van der Waals surface area contributed by atoms with Gasteiger partial charge in [0.2, 0.25) is 5.78 Å². The van der Waals surface area contributed by atoms with E-state index in [1.807, 2.05) is 0 Å². The first-order valence-corrected chi connectivity index (χ1v) is 10.2. The Balaban J connectivity index is 1.89. The molecule has 0 saturated heterocycles. The van der Waals surface area contributed by atoms with Crippen LogP contribution in [0.3, 0.4) is 0 Å². The molecule has 0 fully saturated rings. The average Bonchev–Trinajstić information content (AvgIpc) is 3.27. The predicted molar refractivity (Wildman–Crippen MR) is 117 cm³/mol. The molecule has 0 radical (unpaired) electrons. The molecule has 0 saturated carbocycles. The van der Waals surface area contributed by atoms with Crippen LogP contribution >= 0.6 is 11.6 Å². The van der Waals surface area contributed by atoms with Crippen LogP contribution in [0.1, 0.15) is 34.5 Å². The van der Waals surface area contributed by atoms with E-state index in [0.717, 1.165) is 0 Å². The number of aryl methyl sites for hydroxylation is 2. The zero-order valence-electron chi connectivity index (χ0n) is 17.4. The van der Waals surface area contributed by atoms with Crippen LogP contribution in [-0.4, -0.2) is 30.3 Å². The van der Waals surface area contributed by atoms with Gasteiger partial charge in [0.1, 0.15) is 17.6 Å².